The van der Waals surface area contributed by atoms with Crippen molar-refractivity contribution < 1.29 is 27.8 Å². The van der Waals surface area contributed by atoms with E-state index < -0.39 is 6.43 Å². The summed E-state index contributed by atoms with van der Waals surface area (Å²) in [6.07, 6.45) is 0.153. The fraction of sp³-hybridized carbons (Fsp3) is 0.571. The second-order valence-corrected chi connectivity index (χ2v) is 10.6. The van der Waals surface area contributed by atoms with Crippen LogP contribution in [0.15, 0.2) is 30.3 Å². The van der Waals surface area contributed by atoms with Gasteiger partial charge in [0.2, 0.25) is 17.7 Å². The van der Waals surface area contributed by atoms with Gasteiger partial charge in [0.1, 0.15) is 11.9 Å². The Balaban J connectivity index is 1.18. The van der Waals surface area contributed by atoms with E-state index in [2.05, 4.69) is 25.2 Å². The number of amides is 1. The van der Waals surface area contributed by atoms with Gasteiger partial charge in [-0.25, -0.2) is 13.8 Å². The van der Waals surface area contributed by atoms with Gasteiger partial charge < -0.3 is 24.4 Å². The Hall–Kier alpha value is -3.42. The maximum absolute atomic E-state index is 14.1. The second kappa shape index (κ2) is 12.6. The molecule has 1 saturated carbocycles. The molecule has 1 N–H and O–H groups in total. The van der Waals surface area contributed by atoms with Gasteiger partial charge in [-0.3, -0.25) is 14.3 Å². The summed E-state index contributed by atoms with van der Waals surface area (Å²) in [4.78, 5) is 30.2. The van der Waals surface area contributed by atoms with E-state index >= 15 is 0 Å². The molecule has 6 rings (SSSR count). The number of fused-ring (bicyclic) bond motifs is 1. The van der Waals surface area contributed by atoms with E-state index in [1.165, 1.54) is 4.57 Å². The molecule has 0 unspecified atom stereocenters. The minimum absolute atomic E-state index is 0.0363. The zero-order chi connectivity index (χ0) is 28.2. The van der Waals surface area contributed by atoms with Gasteiger partial charge >= 0.3 is 0 Å². The lowest BCUT2D eigenvalue weighted by Gasteiger charge is -2.31. The number of anilines is 1. The number of alkyl halides is 2. The number of morpholine rings is 2. The van der Waals surface area contributed by atoms with Crippen molar-refractivity contribution in [3.05, 3.63) is 36.2 Å². The van der Waals surface area contributed by atoms with Crippen LogP contribution in [-0.2, 0) is 14.3 Å². The number of hydrogen-bond donors (Lipinski definition) is 1. The van der Waals surface area contributed by atoms with Crippen molar-refractivity contribution in [2.24, 2.45) is 0 Å². The molecule has 3 fully saturated rings. The summed E-state index contributed by atoms with van der Waals surface area (Å²) in [7, 11) is 0. The fourth-order valence-corrected chi connectivity index (χ4v) is 5.64. The van der Waals surface area contributed by atoms with E-state index in [0.29, 0.717) is 68.9 Å². The SMILES string of the molecule is O=C(CN1CCOCC1)NC1CCC(Oc2cc(-n3c(C(F)F)nc4ccccc43)nc(N3CCOCC3)n2)CC1. The van der Waals surface area contributed by atoms with Crippen LogP contribution < -0.4 is 15.0 Å². The highest BCUT2D eigenvalue weighted by Gasteiger charge is 2.27. The Morgan fingerprint density at radius 1 is 0.976 bits per heavy atom. The summed E-state index contributed by atoms with van der Waals surface area (Å²) in [5.74, 6) is 0.674. The first-order valence-electron chi connectivity index (χ1n) is 14.3. The Morgan fingerprint density at radius 2 is 1.68 bits per heavy atom. The third kappa shape index (κ3) is 6.57. The molecule has 0 bridgehead atoms. The van der Waals surface area contributed by atoms with E-state index in [1.54, 1.807) is 30.3 Å². The summed E-state index contributed by atoms with van der Waals surface area (Å²) in [6.45, 7) is 5.49. The van der Waals surface area contributed by atoms with E-state index in [9.17, 15) is 13.6 Å². The third-order valence-electron chi connectivity index (χ3n) is 7.78. The highest BCUT2D eigenvalue weighted by atomic mass is 19.3. The Morgan fingerprint density at radius 3 is 2.41 bits per heavy atom. The molecule has 41 heavy (non-hydrogen) atoms. The zero-order valence-corrected chi connectivity index (χ0v) is 22.9. The fourth-order valence-electron chi connectivity index (χ4n) is 5.64. The van der Waals surface area contributed by atoms with Crippen molar-refractivity contribution in [2.75, 3.05) is 64.1 Å². The summed E-state index contributed by atoms with van der Waals surface area (Å²) in [5.41, 5.74) is 1.000. The Kier molecular flexibility index (Phi) is 8.54. The summed E-state index contributed by atoms with van der Waals surface area (Å²) in [5, 5.41) is 3.16. The van der Waals surface area contributed by atoms with Gasteiger partial charge in [-0.05, 0) is 37.8 Å². The van der Waals surface area contributed by atoms with Crippen LogP contribution in [-0.4, -0.2) is 102 Å². The average Bonchev–Trinajstić information content (AvgIpc) is 3.39. The number of carbonyl (C=O) groups excluding carboxylic acids is 1. The molecule has 1 aliphatic carbocycles. The first kappa shape index (κ1) is 27.7. The minimum Gasteiger partial charge on any atom is -0.474 e. The molecule has 2 aromatic heterocycles. The standard InChI is InChI=1S/C28H35F2N7O4/c29-26(30)27-32-21-3-1-2-4-22(21)37(27)23-17-25(34-28(33-23)36-11-15-40-16-12-36)41-20-7-5-19(6-8-20)31-24(38)18-35-9-13-39-14-10-35/h1-4,17,19-20,26H,5-16,18H2,(H,31,38). The molecule has 0 spiro atoms. The van der Waals surface area contributed by atoms with Crippen LogP contribution in [0.3, 0.4) is 0 Å². The maximum Gasteiger partial charge on any atom is 0.296 e. The zero-order valence-electron chi connectivity index (χ0n) is 22.9. The number of para-hydroxylation sites is 2. The highest BCUT2D eigenvalue weighted by molar-refractivity contribution is 5.78. The number of imidazole rings is 1. The predicted molar refractivity (Wildman–Crippen MR) is 147 cm³/mol. The monoisotopic (exact) mass is 571 g/mol. The van der Waals surface area contributed by atoms with Crippen molar-refractivity contribution in [3.8, 4) is 11.7 Å². The van der Waals surface area contributed by atoms with Crippen molar-refractivity contribution in [2.45, 2.75) is 44.3 Å². The molecule has 2 saturated heterocycles. The Labute approximate surface area is 236 Å². The van der Waals surface area contributed by atoms with Crippen molar-refractivity contribution in [1.29, 1.82) is 0 Å². The lowest BCUT2D eigenvalue weighted by Crippen LogP contribution is -2.47. The van der Waals surface area contributed by atoms with E-state index in [4.69, 9.17) is 14.2 Å². The number of carbonyl (C=O) groups is 1. The number of hydrogen-bond acceptors (Lipinski definition) is 9. The third-order valence-corrected chi connectivity index (χ3v) is 7.78. The molecule has 3 aliphatic rings. The smallest absolute Gasteiger partial charge is 0.296 e. The van der Waals surface area contributed by atoms with Crippen LogP contribution in [0.5, 0.6) is 5.88 Å². The van der Waals surface area contributed by atoms with Crippen molar-refractivity contribution in [3.63, 3.8) is 0 Å². The first-order valence-corrected chi connectivity index (χ1v) is 14.3. The predicted octanol–water partition coefficient (Wildman–Crippen LogP) is 2.73. The lowest BCUT2D eigenvalue weighted by molar-refractivity contribution is -0.124. The van der Waals surface area contributed by atoms with Crippen LogP contribution >= 0.6 is 0 Å². The molecule has 220 valence electrons. The normalized spacial score (nSPS) is 22.3. The summed E-state index contributed by atoms with van der Waals surface area (Å²) >= 11 is 0. The van der Waals surface area contributed by atoms with Gasteiger partial charge in [0, 0.05) is 38.3 Å². The first-order chi connectivity index (χ1) is 20.0. The number of benzene rings is 1. The largest absolute Gasteiger partial charge is 0.474 e. The average molecular weight is 572 g/mol. The van der Waals surface area contributed by atoms with Crippen LogP contribution in [0, 0.1) is 0 Å². The van der Waals surface area contributed by atoms with Crippen LogP contribution in [0.25, 0.3) is 16.9 Å². The van der Waals surface area contributed by atoms with Crippen LogP contribution in [0.2, 0.25) is 0 Å². The van der Waals surface area contributed by atoms with Gasteiger partial charge in [0.05, 0.1) is 44.0 Å². The molecule has 1 aromatic carbocycles. The van der Waals surface area contributed by atoms with E-state index in [1.807, 2.05) is 4.90 Å². The number of ether oxygens (including phenoxy) is 3. The molecule has 0 atom stereocenters. The van der Waals surface area contributed by atoms with Gasteiger partial charge in [-0.15, -0.1) is 0 Å². The molecular formula is C28H35F2N7O4. The summed E-state index contributed by atoms with van der Waals surface area (Å²) in [6, 6.07) is 8.72. The second-order valence-electron chi connectivity index (χ2n) is 10.6. The highest BCUT2D eigenvalue weighted by Crippen LogP contribution is 2.31. The van der Waals surface area contributed by atoms with Crippen molar-refractivity contribution >= 4 is 22.9 Å². The molecule has 13 heteroatoms. The number of nitrogens with zero attached hydrogens (tertiary/aromatic N) is 6. The Bertz CT molecular complexity index is 1340. The topological polar surface area (TPSA) is 107 Å². The molecule has 1 amide bonds. The minimum atomic E-state index is -2.79. The quantitative estimate of drug-likeness (QED) is 0.437. The number of aromatic nitrogens is 4. The summed E-state index contributed by atoms with van der Waals surface area (Å²) < 4.78 is 46.8. The van der Waals surface area contributed by atoms with Crippen molar-refractivity contribution in [1.82, 2.24) is 29.7 Å². The van der Waals surface area contributed by atoms with E-state index in [-0.39, 0.29) is 29.7 Å². The van der Waals surface area contributed by atoms with Gasteiger partial charge in [-0.2, -0.15) is 9.97 Å². The molecule has 3 aromatic rings. The van der Waals surface area contributed by atoms with Crippen LogP contribution in [0.1, 0.15) is 37.9 Å². The molecule has 11 nitrogen and oxygen atoms in total. The number of nitrogens with one attached hydrogen (secondary N) is 1. The van der Waals surface area contributed by atoms with E-state index in [0.717, 1.165) is 38.8 Å². The van der Waals surface area contributed by atoms with Crippen LogP contribution in [0.4, 0.5) is 14.7 Å². The van der Waals surface area contributed by atoms with Gasteiger partial charge in [-0.1, -0.05) is 12.1 Å². The molecule has 0 radical (unpaired) electrons. The molecule has 4 heterocycles. The number of halogens is 2. The van der Waals surface area contributed by atoms with Gasteiger partial charge in [0.15, 0.2) is 5.82 Å². The lowest BCUT2D eigenvalue weighted by atomic mass is 9.93. The molecular weight excluding hydrogens is 536 g/mol. The van der Waals surface area contributed by atoms with Gasteiger partial charge in [0.25, 0.3) is 6.43 Å². The molecule has 2 aliphatic heterocycles. The maximum atomic E-state index is 14.1. The number of rotatable bonds is 8.